The van der Waals surface area contributed by atoms with Crippen LogP contribution in [0.3, 0.4) is 0 Å². The molecule has 1 aromatic heterocycles. The van der Waals surface area contributed by atoms with Crippen molar-refractivity contribution in [2.75, 3.05) is 13.1 Å². The van der Waals surface area contributed by atoms with Gasteiger partial charge >= 0.3 is 0 Å². The Balaban J connectivity index is 1.39. The summed E-state index contributed by atoms with van der Waals surface area (Å²) in [7, 11) is 0. The van der Waals surface area contributed by atoms with Gasteiger partial charge in [0.05, 0.1) is 5.56 Å². The zero-order valence-electron chi connectivity index (χ0n) is 15.6. The summed E-state index contributed by atoms with van der Waals surface area (Å²) >= 11 is 1.43. The average molecular weight is 385 g/mol. The molecule has 1 amide bonds. The van der Waals surface area contributed by atoms with Crippen LogP contribution in [0.1, 0.15) is 47.4 Å². The highest BCUT2D eigenvalue weighted by atomic mass is 32.2. The summed E-state index contributed by atoms with van der Waals surface area (Å²) in [5.41, 5.74) is 1.24. The van der Waals surface area contributed by atoms with E-state index in [0.717, 1.165) is 18.0 Å². The topological polar surface area (TPSA) is 62.6 Å². The first kappa shape index (κ1) is 18.3. The molecule has 0 radical (unpaired) electrons. The normalized spacial score (nSPS) is 26.7. The second-order valence-corrected chi connectivity index (χ2v) is 8.53. The summed E-state index contributed by atoms with van der Waals surface area (Å²) < 4.78 is 5.41. The molecule has 5 nitrogen and oxygen atoms in total. The van der Waals surface area contributed by atoms with E-state index in [0.29, 0.717) is 28.2 Å². The fraction of sp³-hybridized carbons (Fsp3) is 0.429. The number of Topliss-reactive ketones (excluding diaryl/α,β-unsaturated/α-hetero) is 1. The predicted molar refractivity (Wildman–Crippen MR) is 104 cm³/mol. The third-order valence-corrected chi connectivity index (χ3v) is 6.72. The van der Waals surface area contributed by atoms with Crippen molar-refractivity contribution in [1.82, 2.24) is 10.2 Å². The lowest BCUT2D eigenvalue weighted by Gasteiger charge is -2.49. The molecule has 5 rings (SSSR count). The van der Waals surface area contributed by atoms with Crippen molar-refractivity contribution < 1.29 is 14.0 Å². The van der Waals surface area contributed by atoms with E-state index in [2.05, 4.69) is 17.1 Å². The maximum Gasteiger partial charge on any atom is 0.251 e. The summed E-state index contributed by atoms with van der Waals surface area (Å²) in [4.78, 5) is 27.5. The lowest BCUT2D eigenvalue weighted by molar-refractivity contribution is 0.0217. The van der Waals surface area contributed by atoms with Crippen LogP contribution in [0.15, 0.2) is 51.0 Å². The van der Waals surface area contributed by atoms with Crippen molar-refractivity contribution >= 4 is 23.5 Å². The van der Waals surface area contributed by atoms with Gasteiger partial charge in [0.15, 0.2) is 10.9 Å². The average Bonchev–Trinajstić information content (AvgIpc) is 3.14. The molecule has 142 valence electrons. The van der Waals surface area contributed by atoms with Gasteiger partial charge in [-0.1, -0.05) is 11.8 Å². The molecular formula is C21H24N2O3S. The highest BCUT2D eigenvalue weighted by Gasteiger charge is 2.40. The molecule has 3 aliphatic rings. The third-order valence-electron chi connectivity index (χ3n) is 5.79. The lowest BCUT2D eigenvalue weighted by atomic mass is 9.79. The van der Waals surface area contributed by atoms with Gasteiger partial charge in [-0.25, -0.2) is 0 Å². The fourth-order valence-electron chi connectivity index (χ4n) is 4.13. The second-order valence-electron chi connectivity index (χ2n) is 7.45. The molecule has 0 aliphatic carbocycles. The maximum absolute atomic E-state index is 12.7. The molecule has 3 fully saturated rings. The molecule has 2 bridgehead atoms. The van der Waals surface area contributed by atoms with Crippen LogP contribution in [0.5, 0.6) is 0 Å². The first-order valence-electron chi connectivity index (χ1n) is 9.43. The molecule has 27 heavy (non-hydrogen) atoms. The Morgan fingerprint density at radius 1 is 1.15 bits per heavy atom. The number of furan rings is 1. The minimum atomic E-state index is -0.0143. The van der Waals surface area contributed by atoms with Crippen LogP contribution in [0, 0.1) is 5.92 Å². The Labute approximate surface area is 163 Å². The van der Waals surface area contributed by atoms with Gasteiger partial charge in [-0.05, 0) is 70.0 Å². The number of carbonyl (C=O) groups is 2. The number of rotatable bonds is 5. The van der Waals surface area contributed by atoms with E-state index in [1.807, 2.05) is 24.3 Å². The van der Waals surface area contributed by atoms with Crippen LogP contribution < -0.4 is 5.32 Å². The van der Waals surface area contributed by atoms with E-state index in [-0.39, 0.29) is 17.7 Å². The van der Waals surface area contributed by atoms with Gasteiger partial charge in [0, 0.05) is 28.6 Å². The van der Waals surface area contributed by atoms with Crippen LogP contribution in [0.25, 0.3) is 0 Å². The summed E-state index contributed by atoms with van der Waals surface area (Å²) in [6.07, 6.45) is 3.83. The van der Waals surface area contributed by atoms with Crippen LogP contribution in [0.2, 0.25) is 0 Å². The van der Waals surface area contributed by atoms with Crippen LogP contribution in [-0.4, -0.2) is 41.8 Å². The van der Waals surface area contributed by atoms with Crippen molar-refractivity contribution in [3.63, 3.8) is 0 Å². The first-order valence-corrected chi connectivity index (χ1v) is 10.3. The molecule has 6 heteroatoms. The molecule has 3 aliphatic heterocycles. The fourth-order valence-corrected chi connectivity index (χ4v) is 4.91. The van der Waals surface area contributed by atoms with E-state index >= 15 is 0 Å². The van der Waals surface area contributed by atoms with Gasteiger partial charge in [-0.2, -0.15) is 0 Å². The van der Waals surface area contributed by atoms with E-state index < -0.39 is 0 Å². The lowest BCUT2D eigenvalue weighted by Crippen LogP contribution is -2.62. The Hall–Kier alpha value is -2.05. The maximum atomic E-state index is 12.7. The van der Waals surface area contributed by atoms with Gasteiger partial charge in [0.25, 0.3) is 5.91 Å². The van der Waals surface area contributed by atoms with E-state index in [9.17, 15) is 9.59 Å². The zero-order chi connectivity index (χ0) is 19.0. The van der Waals surface area contributed by atoms with Gasteiger partial charge < -0.3 is 9.73 Å². The van der Waals surface area contributed by atoms with Crippen molar-refractivity contribution in [2.24, 2.45) is 5.92 Å². The highest BCUT2D eigenvalue weighted by molar-refractivity contribution is 7.99. The molecule has 2 aromatic rings. The van der Waals surface area contributed by atoms with Gasteiger partial charge in [0.2, 0.25) is 0 Å². The molecule has 0 spiro atoms. The Morgan fingerprint density at radius 3 is 2.44 bits per heavy atom. The van der Waals surface area contributed by atoms with Gasteiger partial charge in [-0.15, -0.1) is 0 Å². The Bertz CT molecular complexity index is 835. The number of hydrogen-bond acceptors (Lipinski definition) is 5. The number of carbonyl (C=O) groups excluding carboxylic acids is 2. The number of ketones is 1. The van der Waals surface area contributed by atoms with E-state index in [4.69, 9.17) is 4.42 Å². The third kappa shape index (κ3) is 3.82. The highest BCUT2D eigenvalue weighted by Crippen LogP contribution is 2.33. The predicted octanol–water partition coefficient (Wildman–Crippen LogP) is 3.85. The summed E-state index contributed by atoms with van der Waals surface area (Å²) in [6, 6.07) is 9.90. The molecule has 1 aromatic carbocycles. The van der Waals surface area contributed by atoms with E-state index in [1.165, 1.54) is 37.8 Å². The summed E-state index contributed by atoms with van der Waals surface area (Å²) in [5.74, 6) is 0.576. The SMILES string of the molecule is CC(=O)c1coc(Sc2ccc(C(=O)N[C@@H]3C4CCN(CC4)[C@H]3C)cc2)c1. The number of benzene rings is 1. The van der Waals surface area contributed by atoms with Crippen molar-refractivity contribution in [3.05, 3.63) is 47.7 Å². The van der Waals surface area contributed by atoms with Crippen LogP contribution >= 0.6 is 11.8 Å². The standard InChI is InChI=1S/C21H24N2O3S/c1-13-20(15-7-9-23(13)10-8-15)22-21(25)16-3-5-18(6-4-16)27-19-11-17(12-26-19)14(2)24/h3-6,11-13,15,20H,7-10H2,1-2H3,(H,22,25)/t13-,20-/m0/s1. The molecule has 4 heterocycles. The van der Waals surface area contributed by atoms with Crippen LogP contribution in [-0.2, 0) is 0 Å². The minimum absolute atomic E-state index is 0.00554. The number of hydrogen-bond donors (Lipinski definition) is 1. The molecule has 3 saturated heterocycles. The molecular weight excluding hydrogens is 360 g/mol. The van der Waals surface area contributed by atoms with Crippen molar-refractivity contribution in [1.29, 1.82) is 0 Å². The minimum Gasteiger partial charge on any atom is -0.457 e. The Kier molecular flexibility index (Phi) is 5.10. The number of nitrogens with zero attached hydrogens (tertiary/aromatic N) is 1. The van der Waals surface area contributed by atoms with Crippen LogP contribution in [0.4, 0.5) is 0 Å². The molecule has 1 N–H and O–H groups in total. The second kappa shape index (κ2) is 7.52. The number of fused-ring (bicyclic) bond motifs is 3. The van der Waals surface area contributed by atoms with Crippen molar-refractivity contribution in [2.45, 2.75) is 48.8 Å². The molecule has 0 saturated carbocycles. The number of piperidine rings is 3. The van der Waals surface area contributed by atoms with Gasteiger partial charge in [0.1, 0.15) is 6.26 Å². The summed E-state index contributed by atoms with van der Waals surface area (Å²) in [5, 5.41) is 3.92. The molecule has 2 atom stereocenters. The van der Waals surface area contributed by atoms with E-state index in [1.54, 1.807) is 6.07 Å². The Morgan fingerprint density at radius 2 is 1.85 bits per heavy atom. The number of nitrogens with one attached hydrogen (secondary N) is 1. The molecule has 0 unspecified atom stereocenters. The first-order chi connectivity index (χ1) is 13.0. The smallest absolute Gasteiger partial charge is 0.251 e. The number of amides is 1. The zero-order valence-corrected chi connectivity index (χ0v) is 16.4. The van der Waals surface area contributed by atoms with Gasteiger partial charge in [-0.3, -0.25) is 14.5 Å². The quantitative estimate of drug-likeness (QED) is 0.794. The monoisotopic (exact) mass is 384 g/mol. The summed E-state index contributed by atoms with van der Waals surface area (Å²) in [6.45, 7) is 6.04. The van der Waals surface area contributed by atoms with Crippen molar-refractivity contribution in [3.8, 4) is 0 Å². The largest absolute Gasteiger partial charge is 0.457 e.